The van der Waals surface area contributed by atoms with Crippen LogP contribution in [0.2, 0.25) is 0 Å². The van der Waals surface area contributed by atoms with Crippen molar-refractivity contribution in [1.29, 1.82) is 0 Å². The van der Waals surface area contributed by atoms with Crippen LogP contribution in [-0.4, -0.2) is 30.1 Å². The van der Waals surface area contributed by atoms with Crippen molar-refractivity contribution in [1.82, 2.24) is 10.2 Å². The Morgan fingerprint density at radius 1 is 1.35 bits per heavy atom. The Labute approximate surface area is 124 Å². The van der Waals surface area contributed by atoms with Crippen molar-refractivity contribution in [3.63, 3.8) is 0 Å². The quantitative estimate of drug-likeness (QED) is 0.923. The highest BCUT2D eigenvalue weighted by Gasteiger charge is 2.23. The molecular weight excluding hydrogens is 279 g/mol. The molecule has 0 aliphatic carbocycles. The maximum absolute atomic E-state index is 13.2. The summed E-state index contributed by atoms with van der Waals surface area (Å²) in [4.78, 5) is 2.40. The lowest BCUT2D eigenvalue weighted by atomic mass is 10.1. The van der Waals surface area contributed by atoms with Gasteiger partial charge >= 0.3 is 0 Å². The minimum absolute atomic E-state index is 0. The van der Waals surface area contributed by atoms with E-state index in [0.29, 0.717) is 12.1 Å². The maximum atomic E-state index is 13.2. The van der Waals surface area contributed by atoms with Crippen LogP contribution >= 0.6 is 12.4 Å². The van der Waals surface area contributed by atoms with Gasteiger partial charge in [-0.2, -0.15) is 0 Å². The minimum Gasteiger partial charge on any atom is -0.460 e. The molecule has 20 heavy (non-hydrogen) atoms. The molecule has 2 unspecified atom stereocenters. The molecule has 0 spiro atoms. The fourth-order valence-corrected chi connectivity index (χ4v) is 2.66. The molecular formula is C15H20ClFN2O. The molecule has 1 aromatic carbocycles. The van der Waals surface area contributed by atoms with E-state index in [2.05, 4.69) is 24.1 Å². The predicted molar refractivity (Wildman–Crippen MR) is 80.8 cm³/mol. The third-order valence-electron chi connectivity index (χ3n) is 3.78. The number of fused-ring (bicyclic) bond motifs is 1. The van der Waals surface area contributed by atoms with Gasteiger partial charge in [0.2, 0.25) is 0 Å². The number of nitrogens with zero attached hydrogens (tertiary/aromatic N) is 1. The highest BCUT2D eigenvalue weighted by Crippen LogP contribution is 2.22. The summed E-state index contributed by atoms with van der Waals surface area (Å²) in [5.41, 5.74) is 0.757. The van der Waals surface area contributed by atoms with Crippen molar-refractivity contribution < 1.29 is 8.81 Å². The van der Waals surface area contributed by atoms with E-state index in [1.807, 2.05) is 6.07 Å². The van der Waals surface area contributed by atoms with E-state index < -0.39 is 0 Å². The average molecular weight is 299 g/mol. The van der Waals surface area contributed by atoms with Gasteiger partial charge in [0, 0.05) is 30.6 Å². The molecule has 3 nitrogen and oxygen atoms in total. The molecule has 1 aliphatic heterocycles. The standard InChI is InChI=1S/C15H19FN2O.ClH/c1-10-8-18(11(2)7-17-10)9-14-6-12-5-13(16)3-4-15(12)19-14;/h3-6,10-11,17H,7-9H2,1-2H3;1H. The number of piperazine rings is 1. The molecule has 1 saturated heterocycles. The average Bonchev–Trinajstić information content (AvgIpc) is 2.75. The zero-order valence-corrected chi connectivity index (χ0v) is 12.5. The number of benzene rings is 1. The van der Waals surface area contributed by atoms with Gasteiger partial charge in [0.05, 0.1) is 6.54 Å². The Morgan fingerprint density at radius 2 is 2.15 bits per heavy atom. The smallest absolute Gasteiger partial charge is 0.134 e. The maximum Gasteiger partial charge on any atom is 0.134 e. The normalized spacial score (nSPS) is 23.8. The Balaban J connectivity index is 0.00000147. The SMILES string of the molecule is CC1CN(Cc2cc3cc(F)ccc3o2)C(C)CN1.Cl. The van der Waals surface area contributed by atoms with Crippen LogP contribution in [-0.2, 0) is 6.54 Å². The molecule has 1 aliphatic rings. The van der Waals surface area contributed by atoms with Gasteiger partial charge in [-0.25, -0.2) is 4.39 Å². The van der Waals surface area contributed by atoms with Gasteiger partial charge in [-0.15, -0.1) is 12.4 Å². The highest BCUT2D eigenvalue weighted by molar-refractivity contribution is 5.85. The molecule has 0 bridgehead atoms. The molecule has 1 aromatic heterocycles. The lowest BCUT2D eigenvalue weighted by Crippen LogP contribution is -2.53. The van der Waals surface area contributed by atoms with Crippen molar-refractivity contribution in [2.75, 3.05) is 13.1 Å². The van der Waals surface area contributed by atoms with Crippen LogP contribution in [0.5, 0.6) is 0 Å². The molecule has 1 N–H and O–H groups in total. The first kappa shape index (κ1) is 15.3. The Kier molecular flexibility index (Phi) is 4.68. The van der Waals surface area contributed by atoms with Crippen LogP contribution in [0.4, 0.5) is 4.39 Å². The monoisotopic (exact) mass is 298 g/mol. The van der Waals surface area contributed by atoms with Crippen molar-refractivity contribution in [2.45, 2.75) is 32.5 Å². The Hall–Kier alpha value is -1.10. The van der Waals surface area contributed by atoms with E-state index in [-0.39, 0.29) is 18.2 Å². The van der Waals surface area contributed by atoms with E-state index in [0.717, 1.165) is 36.4 Å². The van der Waals surface area contributed by atoms with E-state index in [9.17, 15) is 4.39 Å². The second-order valence-corrected chi connectivity index (χ2v) is 5.48. The van der Waals surface area contributed by atoms with Gasteiger partial charge < -0.3 is 9.73 Å². The van der Waals surface area contributed by atoms with E-state index in [4.69, 9.17) is 4.42 Å². The van der Waals surface area contributed by atoms with Gasteiger partial charge in [0.25, 0.3) is 0 Å². The highest BCUT2D eigenvalue weighted by atomic mass is 35.5. The molecule has 2 atom stereocenters. The van der Waals surface area contributed by atoms with Gasteiger partial charge in [-0.05, 0) is 38.1 Å². The summed E-state index contributed by atoms with van der Waals surface area (Å²) in [5, 5.41) is 4.30. The van der Waals surface area contributed by atoms with Gasteiger partial charge in [-0.1, -0.05) is 0 Å². The fraction of sp³-hybridized carbons (Fsp3) is 0.467. The van der Waals surface area contributed by atoms with Crippen molar-refractivity contribution in [3.8, 4) is 0 Å². The first-order valence-electron chi connectivity index (χ1n) is 6.77. The first-order valence-corrected chi connectivity index (χ1v) is 6.77. The number of nitrogens with one attached hydrogen (secondary N) is 1. The zero-order valence-electron chi connectivity index (χ0n) is 11.7. The molecule has 2 heterocycles. The van der Waals surface area contributed by atoms with Crippen LogP contribution in [0.25, 0.3) is 11.0 Å². The van der Waals surface area contributed by atoms with Gasteiger partial charge in [0.15, 0.2) is 0 Å². The lowest BCUT2D eigenvalue weighted by molar-refractivity contribution is 0.130. The zero-order chi connectivity index (χ0) is 13.4. The minimum atomic E-state index is -0.219. The summed E-state index contributed by atoms with van der Waals surface area (Å²) in [6.07, 6.45) is 0. The lowest BCUT2D eigenvalue weighted by Gasteiger charge is -2.36. The van der Waals surface area contributed by atoms with Gasteiger partial charge in [0.1, 0.15) is 17.2 Å². The van der Waals surface area contributed by atoms with Crippen LogP contribution in [0, 0.1) is 5.82 Å². The Bertz CT molecular complexity index is 586. The molecule has 2 aromatic rings. The third-order valence-corrected chi connectivity index (χ3v) is 3.78. The molecule has 110 valence electrons. The summed E-state index contributed by atoms with van der Waals surface area (Å²) in [5.74, 6) is 0.686. The van der Waals surface area contributed by atoms with Crippen LogP contribution in [0.3, 0.4) is 0 Å². The molecule has 5 heteroatoms. The van der Waals surface area contributed by atoms with Crippen molar-refractivity contribution in [2.24, 2.45) is 0 Å². The number of hydrogen-bond donors (Lipinski definition) is 1. The topological polar surface area (TPSA) is 28.4 Å². The summed E-state index contributed by atoms with van der Waals surface area (Å²) < 4.78 is 18.9. The van der Waals surface area contributed by atoms with Crippen LogP contribution in [0.1, 0.15) is 19.6 Å². The fourth-order valence-electron chi connectivity index (χ4n) is 2.66. The summed E-state index contributed by atoms with van der Waals surface area (Å²) in [6.45, 7) is 7.18. The Morgan fingerprint density at radius 3 is 2.95 bits per heavy atom. The molecule has 0 saturated carbocycles. The number of furan rings is 1. The summed E-state index contributed by atoms with van der Waals surface area (Å²) in [6, 6.07) is 7.58. The molecule has 0 amide bonds. The molecule has 0 radical (unpaired) electrons. The van der Waals surface area contributed by atoms with E-state index in [1.165, 1.54) is 12.1 Å². The summed E-state index contributed by atoms with van der Waals surface area (Å²) in [7, 11) is 0. The van der Waals surface area contributed by atoms with E-state index >= 15 is 0 Å². The summed E-state index contributed by atoms with van der Waals surface area (Å²) >= 11 is 0. The molecule has 1 fully saturated rings. The third kappa shape index (κ3) is 3.14. The van der Waals surface area contributed by atoms with Gasteiger partial charge in [-0.3, -0.25) is 4.90 Å². The second kappa shape index (κ2) is 6.12. The van der Waals surface area contributed by atoms with Crippen molar-refractivity contribution in [3.05, 3.63) is 35.8 Å². The van der Waals surface area contributed by atoms with Crippen LogP contribution in [0.15, 0.2) is 28.7 Å². The number of rotatable bonds is 2. The first-order chi connectivity index (χ1) is 9.11. The van der Waals surface area contributed by atoms with Crippen LogP contribution < -0.4 is 5.32 Å². The number of hydrogen-bond acceptors (Lipinski definition) is 3. The number of halogens is 2. The largest absolute Gasteiger partial charge is 0.460 e. The van der Waals surface area contributed by atoms with Crippen molar-refractivity contribution >= 4 is 23.4 Å². The molecule has 3 rings (SSSR count). The second-order valence-electron chi connectivity index (χ2n) is 5.48. The predicted octanol–water partition coefficient (Wildman–Crippen LogP) is 3.18. The van der Waals surface area contributed by atoms with E-state index in [1.54, 1.807) is 6.07 Å².